The first-order valence-electron chi connectivity index (χ1n) is 8.55. The lowest BCUT2D eigenvalue weighted by molar-refractivity contribution is -0.137. The fourth-order valence-electron chi connectivity index (χ4n) is 3.29. The third-order valence-corrected chi connectivity index (χ3v) is 4.63. The molecule has 2 aromatic rings. The first-order valence-corrected chi connectivity index (χ1v) is 8.55. The lowest BCUT2D eigenvalue weighted by Crippen LogP contribution is -2.36. The second-order valence-electron chi connectivity index (χ2n) is 6.36. The SMILES string of the molecule is COc1ccc(CC(=O)N2CCCc3cc(C(F)(F)F)ccc32)cc1OC. The van der Waals surface area contributed by atoms with E-state index in [9.17, 15) is 18.0 Å². The van der Waals surface area contributed by atoms with Crippen LogP contribution in [0.5, 0.6) is 11.5 Å². The van der Waals surface area contributed by atoms with Crippen molar-refractivity contribution < 1.29 is 27.4 Å². The van der Waals surface area contributed by atoms with E-state index in [0.717, 1.165) is 17.7 Å². The molecule has 7 heteroatoms. The number of nitrogens with zero attached hydrogens (tertiary/aromatic N) is 1. The number of rotatable bonds is 4. The molecule has 144 valence electrons. The number of hydrogen-bond acceptors (Lipinski definition) is 3. The van der Waals surface area contributed by atoms with E-state index in [1.165, 1.54) is 20.3 Å². The number of ether oxygens (including phenoxy) is 2. The average molecular weight is 379 g/mol. The monoisotopic (exact) mass is 379 g/mol. The fraction of sp³-hybridized carbons (Fsp3) is 0.350. The van der Waals surface area contributed by atoms with Crippen molar-refractivity contribution in [2.75, 3.05) is 25.7 Å². The molecule has 2 aromatic carbocycles. The van der Waals surface area contributed by atoms with Crippen LogP contribution in [0.1, 0.15) is 23.1 Å². The molecule has 27 heavy (non-hydrogen) atoms. The molecule has 0 unspecified atom stereocenters. The van der Waals surface area contributed by atoms with Crippen molar-refractivity contribution in [3.05, 3.63) is 53.1 Å². The summed E-state index contributed by atoms with van der Waals surface area (Å²) in [5, 5.41) is 0. The Kier molecular flexibility index (Phi) is 5.30. The molecule has 3 rings (SSSR count). The van der Waals surface area contributed by atoms with Crippen molar-refractivity contribution in [2.45, 2.75) is 25.4 Å². The minimum atomic E-state index is -4.39. The van der Waals surface area contributed by atoms with Crippen LogP contribution in [0.25, 0.3) is 0 Å². The molecule has 1 amide bonds. The van der Waals surface area contributed by atoms with Gasteiger partial charge < -0.3 is 14.4 Å². The van der Waals surface area contributed by atoms with Crippen molar-refractivity contribution in [2.24, 2.45) is 0 Å². The largest absolute Gasteiger partial charge is 0.493 e. The van der Waals surface area contributed by atoms with Crippen LogP contribution in [0.3, 0.4) is 0 Å². The summed E-state index contributed by atoms with van der Waals surface area (Å²) >= 11 is 0. The quantitative estimate of drug-likeness (QED) is 0.798. The maximum atomic E-state index is 12.9. The van der Waals surface area contributed by atoms with Gasteiger partial charge in [-0.1, -0.05) is 6.07 Å². The summed E-state index contributed by atoms with van der Waals surface area (Å²) in [5.41, 5.74) is 1.17. The number of amides is 1. The highest BCUT2D eigenvalue weighted by Gasteiger charge is 2.32. The topological polar surface area (TPSA) is 38.8 Å². The number of hydrogen-bond donors (Lipinski definition) is 0. The normalized spacial score (nSPS) is 13.9. The van der Waals surface area contributed by atoms with Crippen molar-refractivity contribution in [1.29, 1.82) is 0 Å². The van der Waals surface area contributed by atoms with Crippen molar-refractivity contribution in [3.63, 3.8) is 0 Å². The van der Waals surface area contributed by atoms with Gasteiger partial charge in [0.05, 0.1) is 26.2 Å². The third-order valence-electron chi connectivity index (χ3n) is 4.63. The van der Waals surface area contributed by atoms with E-state index in [4.69, 9.17) is 9.47 Å². The number of anilines is 1. The minimum absolute atomic E-state index is 0.126. The van der Waals surface area contributed by atoms with Crippen LogP contribution in [0.2, 0.25) is 0 Å². The smallest absolute Gasteiger partial charge is 0.416 e. The summed E-state index contributed by atoms with van der Waals surface area (Å²) in [4.78, 5) is 14.4. The molecule has 0 radical (unpaired) electrons. The minimum Gasteiger partial charge on any atom is -0.493 e. The Bertz CT molecular complexity index is 849. The van der Waals surface area contributed by atoms with Crippen molar-refractivity contribution in [3.8, 4) is 11.5 Å². The highest BCUT2D eigenvalue weighted by atomic mass is 19.4. The van der Waals surface area contributed by atoms with Crippen LogP contribution < -0.4 is 14.4 Å². The molecule has 0 aliphatic carbocycles. The van der Waals surface area contributed by atoms with Gasteiger partial charge in [-0.15, -0.1) is 0 Å². The summed E-state index contributed by atoms with van der Waals surface area (Å²) in [6, 6.07) is 8.79. The first-order chi connectivity index (χ1) is 12.8. The summed E-state index contributed by atoms with van der Waals surface area (Å²) in [6.45, 7) is 0.491. The molecule has 0 saturated carbocycles. The molecule has 0 bridgehead atoms. The van der Waals surface area contributed by atoms with Gasteiger partial charge in [0.1, 0.15) is 0 Å². The van der Waals surface area contributed by atoms with E-state index in [2.05, 4.69) is 0 Å². The van der Waals surface area contributed by atoms with Crippen LogP contribution >= 0.6 is 0 Å². The summed E-state index contributed by atoms with van der Waals surface area (Å²) in [5.74, 6) is 0.927. The van der Waals surface area contributed by atoms with E-state index in [1.54, 1.807) is 23.1 Å². The molecule has 4 nitrogen and oxygen atoms in total. The van der Waals surface area contributed by atoms with Gasteiger partial charge in [0, 0.05) is 12.2 Å². The Morgan fingerprint density at radius 2 is 1.81 bits per heavy atom. The van der Waals surface area contributed by atoms with Gasteiger partial charge in [-0.2, -0.15) is 13.2 Å². The molecule has 1 aliphatic rings. The summed E-state index contributed by atoms with van der Waals surface area (Å²) < 4.78 is 49.2. The number of carbonyl (C=O) groups is 1. The number of methoxy groups -OCH3 is 2. The lowest BCUT2D eigenvalue weighted by Gasteiger charge is -2.30. The molecular weight excluding hydrogens is 359 g/mol. The third kappa shape index (κ3) is 4.02. The van der Waals surface area contributed by atoms with Crippen molar-refractivity contribution >= 4 is 11.6 Å². The van der Waals surface area contributed by atoms with Gasteiger partial charge in [0.2, 0.25) is 5.91 Å². The molecule has 0 saturated heterocycles. The molecular formula is C20H20F3NO3. The Labute approximate surface area is 155 Å². The van der Waals surface area contributed by atoms with Crippen LogP contribution in [-0.4, -0.2) is 26.7 Å². The zero-order valence-electron chi connectivity index (χ0n) is 15.1. The van der Waals surface area contributed by atoms with Crippen LogP contribution in [0.15, 0.2) is 36.4 Å². The Hall–Kier alpha value is -2.70. The van der Waals surface area contributed by atoms with Gasteiger partial charge >= 0.3 is 6.18 Å². The van der Waals surface area contributed by atoms with Crippen LogP contribution in [0.4, 0.5) is 18.9 Å². The summed E-state index contributed by atoms with van der Waals surface area (Å²) in [6.07, 6.45) is -3.10. The van der Waals surface area contributed by atoms with Crippen LogP contribution in [0, 0.1) is 0 Å². The number of aryl methyl sites for hydroxylation is 1. The van der Waals surface area contributed by atoms with E-state index in [-0.39, 0.29) is 12.3 Å². The summed E-state index contributed by atoms with van der Waals surface area (Å²) in [7, 11) is 3.05. The Morgan fingerprint density at radius 3 is 2.48 bits per heavy atom. The van der Waals surface area contributed by atoms with E-state index < -0.39 is 11.7 Å². The second-order valence-corrected chi connectivity index (χ2v) is 6.36. The molecule has 0 atom stereocenters. The highest BCUT2D eigenvalue weighted by molar-refractivity contribution is 5.96. The van der Waals surface area contributed by atoms with Gasteiger partial charge in [-0.05, 0) is 54.3 Å². The molecule has 0 spiro atoms. The Morgan fingerprint density at radius 1 is 1.07 bits per heavy atom. The Balaban J connectivity index is 1.83. The predicted octanol–water partition coefficient (Wildman–Crippen LogP) is 4.24. The number of carbonyl (C=O) groups excluding carboxylic acids is 1. The number of benzene rings is 2. The lowest BCUT2D eigenvalue weighted by atomic mass is 9.98. The zero-order chi connectivity index (χ0) is 19.6. The number of alkyl halides is 3. The van der Waals surface area contributed by atoms with Gasteiger partial charge in [-0.25, -0.2) is 0 Å². The standard InChI is InChI=1S/C20H20F3NO3/c1-26-17-8-5-13(10-18(17)27-2)11-19(25)24-9-3-4-14-12-15(20(21,22)23)6-7-16(14)24/h5-8,10,12H,3-4,9,11H2,1-2H3. The number of halogens is 3. The van der Waals surface area contributed by atoms with Gasteiger partial charge in [0.15, 0.2) is 11.5 Å². The van der Waals surface area contributed by atoms with Crippen LogP contribution in [-0.2, 0) is 23.8 Å². The maximum Gasteiger partial charge on any atom is 0.416 e. The van der Waals surface area contributed by atoms with E-state index in [1.807, 2.05) is 0 Å². The zero-order valence-corrected chi connectivity index (χ0v) is 15.1. The maximum absolute atomic E-state index is 12.9. The van der Waals surface area contributed by atoms with Crippen molar-refractivity contribution in [1.82, 2.24) is 0 Å². The van der Waals surface area contributed by atoms with E-state index in [0.29, 0.717) is 42.1 Å². The van der Waals surface area contributed by atoms with Gasteiger partial charge in [-0.3, -0.25) is 4.79 Å². The first kappa shape index (κ1) is 19.1. The average Bonchev–Trinajstić information content (AvgIpc) is 2.66. The molecule has 1 aliphatic heterocycles. The molecule has 0 aromatic heterocycles. The second kappa shape index (κ2) is 7.50. The number of fused-ring (bicyclic) bond motifs is 1. The fourth-order valence-corrected chi connectivity index (χ4v) is 3.29. The molecule has 0 fully saturated rings. The van der Waals surface area contributed by atoms with Gasteiger partial charge in [0.25, 0.3) is 0 Å². The highest BCUT2D eigenvalue weighted by Crippen LogP contribution is 2.35. The predicted molar refractivity (Wildman–Crippen MR) is 95.4 cm³/mol. The molecule has 1 heterocycles. The van der Waals surface area contributed by atoms with E-state index >= 15 is 0 Å². The molecule has 0 N–H and O–H groups in total.